The Morgan fingerprint density at radius 2 is 2.18 bits per heavy atom. The summed E-state index contributed by atoms with van der Waals surface area (Å²) >= 11 is 0. The maximum absolute atomic E-state index is 10.7. The molecule has 0 bridgehead atoms. The van der Waals surface area contributed by atoms with E-state index in [0.717, 1.165) is 12.8 Å². The lowest BCUT2D eigenvalue weighted by atomic mass is 10.2. The molecule has 4 nitrogen and oxygen atoms in total. The van der Waals surface area contributed by atoms with E-state index in [1.54, 1.807) is 0 Å². The maximum atomic E-state index is 10.7. The molecule has 0 aromatic heterocycles. The van der Waals surface area contributed by atoms with Crippen molar-refractivity contribution >= 4 is 5.97 Å². The van der Waals surface area contributed by atoms with Crippen LogP contribution in [-0.2, 0) is 14.3 Å². The summed E-state index contributed by atoms with van der Waals surface area (Å²) in [7, 11) is 0. The van der Waals surface area contributed by atoms with Gasteiger partial charge in [-0.3, -0.25) is 4.79 Å². The molecule has 1 rings (SSSR count). The quantitative estimate of drug-likeness (QED) is 0.560. The van der Waals surface area contributed by atoms with Crippen LogP contribution in [0.2, 0.25) is 0 Å². The van der Waals surface area contributed by atoms with Crippen molar-refractivity contribution in [3.8, 4) is 0 Å². The van der Waals surface area contributed by atoms with Gasteiger partial charge in [-0.15, -0.1) is 0 Å². The van der Waals surface area contributed by atoms with Crippen molar-refractivity contribution in [2.75, 3.05) is 19.8 Å². The van der Waals surface area contributed by atoms with E-state index in [9.17, 15) is 4.79 Å². The maximum Gasteiger partial charge on any atom is 0.319 e. The van der Waals surface area contributed by atoms with Crippen molar-refractivity contribution in [2.24, 2.45) is 5.73 Å². The van der Waals surface area contributed by atoms with Crippen molar-refractivity contribution in [1.29, 1.82) is 0 Å². The number of esters is 1. The molecule has 0 spiro atoms. The van der Waals surface area contributed by atoms with E-state index in [0.29, 0.717) is 13.2 Å². The molecule has 1 heterocycles. The fraction of sp³-hybridized carbons (Fsp3) is 0.857. The zero-order valence-corrected chi connectivity index (χ0v) is 6.41. The molecule has 0 saturated carbocycles. The molecule has 4 heteroatoms. The minimum Gasteiger partial charge on any atom is -0.461 e. The van der Waals surface area contributed by atoms with Gasteiger partial charge in [-0.1, -0.05) is 0 Å². The third kappa shape index (κ3) is 2.86. The Hall–Kier alpha value is -0.610. The van der Waals surface area contributed by atoms with Gasteiger partial charge in [-0.25, -0.2) is 0 Å². The third-order valence-electron chi connectivity index (χ3n) is 1.63. The van der Waals surface area contributed by atoms with Crippen LogP contribution in [0.4, 0.5) is 0 Å². The van der Waals surface area contributed by atoms with Gasteiger partial charge in [0.1, 0.15) is 6.10 Å². The van der Waals surface area contributed by atoms with Crippen molar-refractivity contribution in [1.82, 2.24) is 0 Å². The molecule has 11 heavy (non-hydrogen) atoms. The minimum absolute atomic E-state index is 0.0276. The summed E-state index contributed by atoms with van der Waals surface area (Å²) in [5.41, 5.74) is 5.08. The second-order valence-corrected chi connectivity index (χ2v) is 2.51. The summed E-state index contributed by atoms with van der Waals surface area (Å²) in [4.78, 5) is 10.7. The summed E-state index contributed by atoms with van der Waals surface area (Å²) in [6.45, 7) is 1.34. The Kier molecular flexibility index (Phi) is 3.32. The number of nitrogens with two attached hydrogens (primary N) is 1. The number of hydrogen-bond donors (Lipinski definition) is 1. The van der Waals surface area contributed by atoms with Gasteiger partial charge in [-0.2, -0.15) is 0 Å². The van der Waals surface area contributed by atoms with Gasteiger partial charge in [0.2, 0.25) is 0 Å². The van der Waals surface area contributed by atoms with E-state index in [1.807, 2.05) is 0 Å². The predicted octanol–water partition coefficient (Wildman–Crippen LogP) is -0.333. The highest BCUT2D eigenvalue weighted by molar-refractivity contribution is 5.71. The molecule has 0 aromatic rings. The summed E-state index contributed by atoms with van der Waals surface area (Å²) in [6.07, 6.45) is 1.62. The Morgan fingerprint density at radius 1 is 1.55 bits per heavy atom. The summed E-state index contributed by atoms with van der Waals surface area (Å²) in [6, 6.07) is 0. The van der Waals surface area contributed by atoms with E-state index < -0.39 is 0 Å². The molecule has 1 aliphatic rings. The second-order valence-electron chi connectivity index (χ2n) is 2.51. The minimum atomic E-state index is -0.322. The highest BCUT2D eigenvalue weighted by Crippen LogP contribution is 2.09. The fourth-order valence-electron chi connectivity index (χ4n) is 1.03. The first-order valence-electron chi connectivity index (χ1n) is 3.80. The van der Waals surface area contributed by atoms with Crippen LogP contribution >= 0.6 is 0 Å². The van der Waals surface area contributed by atoms with Crippen LogP contribution in [0, 0.1) is 0 Å². The molecule has 1 aliphatic heterocycles. The van der Waals surface area contributed by atoms with Crippen molar-refractivity contribution < 1.29 is 14.3 Å². The molecule has 0 atom stereocenters. The molecule has 1 fully saturated rings. The van der Waals surface area contributed by atoms with Gasteiger partial charge in [0, 0.05) is 12.8 Å². The lowest BCUT2D eigenvalue weighted by Gasteiger charge is -2.21. The Labute approximate surface area is 65.7 Å². The van der Waals surface area contributed by atoms with Crippen LogP contribution in [0.15, 0.2) is 0 Å². The first-order chi connectivity index (χ1) is 5.33. The highest BCUT2D eigenvalue weighted by atomic mass is 16.6. The van der Waals surface area contributed by atoms with Crippen molar-refractivity contribution in [2.45, 2.75) is 18.9 Å². The number of rotatable bonds is 2. The van der Waals surface area contributed by atoms with Gasteiger partial charge in [-0.05, 0) is 0 Å². The molecule has 1 saturated heterocycles. The van der Waals surface area contributed by atoms with Crippen molar-refractivity contribution in [3.05, 3.63) is 0 Å². The van der Waals surface area contributed by atoms with Crippen LogP contribution in [0.25, 0.3) is 0 Å². The normalized spacial score (nSPS) is 19.7. The SMILES string of the molecule is NCC(=O)OC1CCOCC1. The Balaban J connectivity index is 2.19. The molecule has 64 valence electrons. The van der Waals surface area contributed by atoms with Gasteiger partial charge in [0.15, 0.2) is 0 Å². The average molecular weight is 159 g/mol. The molecule has 0 aliphatic carbocycles. The van der Waals surface area contributed by atoms with Gasteiger partial charge < -0.3 is 15.2 Å². The monoisotopic (exact) mass is 159 g/mol. The van der Waals surface area contributed by atoms with E-state index >= 15 is 0 Å². The molecule has 0 amide bonds. The van der Waals surface area contributed by atoms with Crippen molar-refractivity contribution in [3.63, 3.8) is 0 Å². The average Bonchev–Trinajstić information content (AvgIpc) is 2.06. The topological polar surface area (TPSA) is 61.6 Å². The van der Waals surface area contributed by atoms with Crippen LogP contribution < -0.4 is 5.73 Å². The van der Waals surface area contributed by atoms with Crippen LogP contribution in [0.5, 0.6) is 0 Å². The standard InChI is InChI=1S/C7H13NO3/c8-5-7(9)11-6-1-3-10-4-2-6/h6H,1-5,8H2. The van der Waals surface area contributed by atoms with Gasteiger partial charge in [0.05, 0.1) is 19.8 Å². The number of carbonyl (C=O) groups excluding carboxylic acids is 1. The second kappa shape index (κ2) is 4.31. The Bertz CT molecular complexity index is 132. The molecule has 0 radical (unpaired) electrons. The lowest BCUT2D eigenvalue weighted by molar-refractivity contribution is -0.151. The van der Waals surface area contributed by atoms with Gasteiger partial charge >= 0.3 is 5.97 Å². The number of hydrogen-bond acceptors (Lipinski definition) is 4. The molecule has 2 N–H and O–H groups in total. The lowest BCUT2D eigenvalue weighted by Crippen LogP contribution is -2.29. The van der Waals surface area contributed by atoms with E-state index in [4.69, 9.17) is 15.2 Å². The molecular weight excluding hydrogens is 146 g/mol. The fourth-order valence-corrected chi connectivity index (χ4v) is 1.03. The smallest absolute Gasteiger partial charge is 0.319 e. The first kappa shape index (κ1) is 8.49. The zero-order valence-electron chi connectivity index (χ0n) is 6.41. The predicted molar refractivity (Wildman–Crippen MR) is 39.0 cm³/mol. The van der Waals surface area contributed by atoms with Crippen LogP contribution in [0.3, 0.4) is 0 Å². The van der Waals surface area contributed by atoms with E-state index in [-0.39, 0.29) is 18.6 Å². The first-order valence-corrected chi connectivity index (χ1v) is 3.80. The van der Waals surface area contributed by atoms with E-state index in [1.165, 1.54) is 0 Å². The number of ether oxygens (including phenoxy) is 2. The summed E-state index contributed by atoms with van der Waals surface area (Å²) < 4.78 is 10.1. The third-order valence-corrected chi connectivity index (χ3v) is 1.63. The largest absolute Gasteiger partial charge is 0.461 e. The van der Waals surface area contributed by atoms with E-state index in [2.05, 4.69) is 0 Å². The zero-order chi connectivity index (χ0) is 8.10. The molecule has 0 unspecified atom stereocenters. The van der Waals surface area contributed by atoms with Gasteiger partial charge in [0.25, 0.3) is 0 Å². The van der Waals surface area contributed by atoms with Crippen LogP contribution in [-0.4, -0.2) is 31.8 Å². The number of carbonyl (C=O) groups is 1. The summed E-state index contributed by atoms with van der Waals surface area (Å²) in [5.74, 6) is -0.322. The Morgan fingerprint density at radius 3 is 2.73 bits per heavy atom. The van der Waals surface area contributed by atoms with Crippen LogP contribution in [0.1, 0.15) is 12.8 Å². The highest BCUT2D eigenvalue weighted by Gasteiger charge is 2.16. The molecular formula is C7H13NO3. The summed E-state index contributed by atoms with van der Waals surface area (Å²) in [5, 5.41) is 0. The molecule has 0 aromatic carbocycles.